The topological polar surface area (TPSA) is 83.3 Å². The molecule has 1 fully saturated rings. The molecule has 5 nitrogen and oxygen atoms in total. The van der Waals surface area contributed by atoms with Crippen molar-refractivity contribution < 1.29 is 4.79 Å². The molecule has 6 heteroatoms. The number of rotatable bonds is 4. The fourth-order valence-corrected chi connectivity index (χ4v) is 5.19. The van der Waals surface area contributed by atoms with Crippen LogP contribution in [0.3, 0.4) is 0 Å². The first-order chi connectivity index (χ1) is 14.5. The minimum Gasteiger partial charge on any atom is -0.361 e. The third kappa shape index (κ3) is 3.04. The molecule has 154 valence electrons. The minimum absolute atomic E-state index is 0.0977. The van der Waals surface area contributed by atoms with Crippen molar-refractivity contribution in [1.29, 1.82) is 0 Å². The first-order valence-electron chi connectivity index (χ1n) is 10.5. The van der Waals surface area contributed by atoms with E-state index in [1.807, 2.05) is 30.5 Å². The Morgan fingerprint density at radius 2 is 2.13 bits per heavy atom. The lowest BCUT2D eigenvalue weighted by molar-refractivity contribution is -0.129. The van der Waals surface area contributed by atoms with Crippen LogP contribution < -0.4 is 11.1 Å². The number of nitrogens with two attached hydrogens (primary N) is 1. The van der Waals surface area contributed by atoms with E-state index in [0.717, 1.165) is 29.5 Å². The normalized spacial score (nSPS) is 24.4. The number of halogens is 1. The Labute approximate surface area is 180 Å². The molecule has 5 rings (SSSR count). The number of Topliss-reactive ketones (excluding diaryl/α,β-unsaturated/α-hetero) is 1. The molecule has 0 spiro atoms. The summed E-state index contributed by atoms with van der Waals surface area (Å²) in [5.41, 5.74) is 10.1. The zero-order valence-corrected chi connectivity index (χ0v) is 17.7. The number of fused-ring (bicyclic) bond motifs is 3. The van der Waals surface area contributed by atoms with Crippen LogP contribution in [-0.4, -0.2) is 28.7 Å². The fraction of sp³-hybridized carbons (Fsp3) is 0.333. The first-order valence-corrected chi connectivity index (χ1v) is 10.8. The number of H-pyrrole nitrogens is 1. The Hall–Kier alpha value is -2.63. The van der Waals surface area contributed by atoms with Crippen LogP contribution >= 0.6 is 11.6 Å². The van der Waals surface area contributed by atoms with Crippen molar-refractivity contribution in [2.45, 2.75) is 50.2 Å². The monoisotopic (exact) mass is 420 g/mol. The molecule has 1 unspecified atom stereocenters. The third-order valence-electron chi connectivity index (χ3n) is 6.44. The molecule has 2 bridgehead atoms. The smallest absolute Gasteiger partial charge is 0.187 e. The van der Waals surface area contributed by atoms with Gasteiger partial charge < -0.3 is 16.0 Å². The van der Waals surface area contributed by atoms with Crippen LogP contribution in [0.2, 0.25) is 5.02 Å². The van der Waals surface area contributed by atoms with Crippen molar-refractivity contribution in [3.05, 3.63) is 70.4 Å². The number of nitrogens with one attached hydrogen (secondary N) is 2. The molecule has 30 heavy (non-hydrogen) atoms. The average Bonchev–Trinajstić information content (AvgIpc) is 3.10. The number of aliphatic imine (C=N–C) groups is 1. The molecule has 1 aliphatic carbocycles. The lowest BCUT2D eigenvalue weighted by Crippen LogP contribution is -2.64. The van der Waals surface area contributed by atoms with E-state index in [2.05, 4.69) is 35.4 Å². The molecular weight excluding hydrogens is 396 g/mol. The van der Waals surface area contributed by atoms with Crippen LogP contribution in [0.4, 0.5) is 0 Å². The average molecular weight is 421 g/mol. The molecule has 2 aromatic carbocycles. The van der Waals surface area contributed by atoms with Crippen molar-refractivity contribution in [3.8, 4) is 0 Å². The SMILES string of the molecule is Cc1ccc2[nH]cc(CC(N)C3=N[C@@H]4CCC[C@](c5ccccc5Cl)(N3)C4=O)c2c1. The maximum absolute atomic E-state index is 13.3. The van der Waals surface area contributed by atoms with Gasteiger partial charge in [-0.2, -0.15) is 0 Å². The molecule has 1 aliphatic heterocycles. The molecule has 2 aliphatic rings. The summed E-state index contributed by atoms with van der Waals surface area (Å²) >= 11 is 6.52. The van der Waals surface area contributed by atoms with Gasteiger partial charge in [0.15, 0.2) is 5.78 Å². The van der Waals surface area contributed by atoms with Gasteiger partial charge in [-0.1, -0.05) is 41.4 Å². The second kappa shape index (κ2) is 7.25. The molecular formula is C24H25ClN4O. The minimum atomic E-state index is -0.841. The Bertz CT molecular complexity index is 1170. The number of aromatic nitrogens is 1. The molecule has 1 aromatic heterocycles. The van der Waals surface area contributed by atoms with E-state index in [4.69, 9.17) is 22.3 Å². The molecule has 0 amide bonds. The van der Waals surface area contributed by atoms with Crippen molar-refractivity contribution in [1.82, 2.24) is 10.3 Å². The van der Waals surface area contributed by atoms with E-state index in [1.165, 1.54) is 10.9 Å². The summed E-state index contributed by atoms with van der Waals surface area (Å²) in [4.78, 5) is 21.4. The molecule has 3 atom stereocenters. The number of benzene rings is 2. The summed E-state index contributed by atoms with van der Waals surface area (Å²) in [6, 6.07) is 13.2. The van der Waals surface area contributed by atoms with Gasteiger partial charge in [0.25, 0.3) is 0 Å². The summed E-state index contributed by atoms with van der Waals surface area (Å²) in [6.07, 6.45) is 5.03. The van der Waals surface area contributed by atoms with Crippen molar-refractivity contribution in [2.75, 3.05) is 0 Å². The number of carbonyl (C=O) groups excluding carboxylic acids is 1. The van der Waals surface area contributed by atoms with Crippen molar-refractivity contribution >= 4 is 34.1 Å². The predicted molar refractivity (Wildman–Crippen MR) is 121 cm³/mol. The number of carbonyl (C=O) groups is 1. The van der Waals surface area contributed by atoms with E-state index in [9.17, 15) is 4.79 Å². The number of nitrogens with zero attached hydrogens (tertiary/aromatic N) is 1. The van der Waals surface area contributed by atoms with Crippen LogP contribution in [0.1, 0.15) is 36.0 Å². The standard InChI is InChI=1S/C24H25ClN4O/c1-14-8-9-20-16(11-14)15(13-27-20)12-19(26)23-28-21-7-4-10-24(29-23,22(21)30)17-5-2-3-6-18(17)25/h2-3,5-6,8-9,11,13,19,21,27H,4,7,10,12,26H2,1H3,(H,28,29)/t19?,21-,24-/m1/s1. The Morgan fingerprint density at radius 3 is 2.97 bits per heavy atom. The molecule has 4 N–H and O–H groups in total. The summed E-state index contributed by atoms with van der Waals surface area (Å²) in [5.74, 6) is 0.793. The van der Waals surface area contributed by atoms with Gasteiger partial charge in [0.05, 0.1) is 6.04 Å². The third-order valence-corrected chi connectivity index (χ3v) is 6.77. The number of amidine groups is 1. The number of hydrogen-bond donors (Lipinski definition) is 3. The highest BCUT2D eigenvalue weighted by atomic mass is 35.5. The zero-order chi connectivity index (χ0) is 20.9. The van der Waals surface area contributed by atoms with Gasteiger partial charge in [-0.15, -0.1) is 0 Å². The second-order valence-electron chi connectivity index (χ2n) is 8.47. The van der Waals surface area contributed by atoms with Gasteiger partial charge in [0, 0.05) is 27.7 Å². The van der Waals surface area contributed by atoms with Gasteiger partial charge >= 0.3 is 0 Å². The highest BCUT2D eigenvalue weighted by Crippen LogP contribution is 2.41. The lowest BCUT2D eigenvalue weighted by atomic mass is 9.72. The van der Waals surface area contributed by atoms with Gasteiger partial charge in [0.2, 0.25) is 0 Å². The number of ketones is 1. The Morgan fingerprint density at radius 1 is 1.30 bits per heavy atom. The summed E-state index contributed by atoms with van der Waals surface area (Å²) < 4.78 is 0. The second-order valence-corrected chi connectivity index (χ2v) is 8.88. The zero-order valence-electron chi connectivity index (χ0n) is 16.9. The number of hydrogen-bond acceptors (Lipinski definition) is 4. The summed E-state index contributed by atoms with van der Waals surface area (Å²) in [6.45, 7) is 2.09. The van der Waals surface area contributed by atoms with Crippen molar-refractivity contribution in [3.63, 3.8) is 0 Å². The van der Waals surface area contributed by atoms with Gasteiger partial charge in [-0.05, 0) is 56.4 Å². The molecule has 3 aromatic rings. The molecule has 2 heterocycles. The lowest BCUT2D eigenvalue weighted by Gasteiger charge is -2.45. The Balaban J connectivity index is 1.49. The summed E-state index contributed by atoms with van der Waals surface area (Å²) in [5, 5.41) is 5.24. The van der Waals surface area contributed by atoms with Crippen LogP contribution in [-0.2, 0) is 16.8 Å². The highest BCUT2D eigenvalue weighted by molar-refractivity contribution is 6.32. The maximum Gasteiger partial charge on any atom is 0.187 e. The van der Waals surface area contributed by atoms with Gasteiger partial charge in [0.1, 0.15) is 17.4 Å². The molecule has 0 saturated heterocycles. The predicted octanol–water partition coefficient (Wildman–Crippen LogP) is 4.02. The number of aromatic amines is 1. The van der Waals surface area contributed by atoms with E-state index >= 15 is 0 Å². The van der Waals surface area contributed by atoms with Crippen LogP contribution in [0.25, 0.3) is 10.9 Å². The quantitative estimate of drug-likeness (QED) is 0.596. The molecule has 0 radical (unpaired) electrons. The van der Waals surface area contributed by atoms with E-state index in [1.54, 1.807) is 0 Å². The largest absolute Gasteiger partial charge is 0.361 e. The van der Waals surface area contributed by atoms with Gasteiger partial charge in [-0.25, -0.2) is 0 Å². The molecule has 1 saturated carbocycles. The van der Waals surface area contributed by atoms with Gasteiger partial charge in [-0.3, -0.25) is 9.79 Å². The first kappa shape index (κ1) is 19.3. The Kier molecular flexibility index (Phi) is 4.68. The van der Waals surface area contributed by atoms with Crippen LogP contribution in [0.15, 0.2) is 53.7 Å². The van der Waals surface area contributed by atoms with E-state index in [-0.39, 0.29) is 17.9 Å². The fourth-order valence-electron chi connectivity index (χ4n) is 4.89. The van der Waals surface area contributed by atoms with Crippen LogP contribution in [0.5, 0.6) is 0 Å². The van der Waals surface area contributed by atoms with Crippen LogP contribution in [0, 0.1) is 6.92 Å². The summed E-state index contributed by atoms with van der Waals surface area (Å²) in [7, 11) is 0. The van der Waals surface area contributed by atoms with Crippen molar-refractivity contribution in [2.24, 2.45) is 10.7 Å². The maximum atomic E-state index is 13.3. The van der Waals surface area contributed by atoms with E-state index < -0.39 is 5.54 Å². The number of aryl methyl sites for hydroxylation is 1. The highest BCUT2D eigenvalue weighted by Gasteiger charge is 2.50. The van der Waals surface area contributed by atoms with E-state index in [0.29, 0.717) is 23.7 Å².